The number of carbonyl (C=O) groups is 1. The van der Waals surface area contributed by atoms with Gasteiger partial charge in [-0.05, 0) is 34.0 Å². The van der Waals surface area contributed by atoms with Gasteiger partial charge in [-0.15, -0.1) is 0 Å². The van der Waals surface area contributed by atoms with Gasteiger partial charge in [-0.25, -0.2) is 9.97 Å². The van der Waals surface area contributed by atoms with Gasteiger partial charge in [0.1, 0.15) is 29.1 Å². The lowest BCUT2D eigenvalue weighted by Gasteiger charge is -2.18. The van der Waals surface area contributed by atoms with E-state index < -0.39 is 0 Å². The standard InChI is InChI=1S/C41H34N8O/c1-25(27-11-15-29(16-12-27)39-33-9-5-3-7-31(33)23-37(46-39)44-35-19-21-42-48-35)41(50)26(2)28-13-17-30(18-14-28)40-34-10-6-4-8-32(34)24-38(47-40)45-36-20-22-43-49-36/h3-26H,1-2H3,(H2,42,44,46,48)(H2,43,45,47,49). The van der Waals surface area contributed by atoms with E-state index in [2.05, 4.69) is 79.6 Å². The van der Waals surface area contributed by atoms with Crippen LogP contribution >= 0.6 is 0 Å². The first-order chi connectivity index (χ1) is 24.5. The Hall–Kier alpha value is -6.61. The number of benzene rings is 4. The first-order valence-electron chi connectivity index (χ1n) is 16.6. The molecule has 0 aliphatic rings. The van der Waals surface area contributed by atoms with Crippen LogP contribution in [0.2, 0.25) is 0 Å². The van der Waals surface area contributed by atoms with Crippen LogP contribution in [0.4, 0.5) is 23.3 Å². The van der Waals surface area contributed by atoms with E-state index in [0.29, 0.717) is 0 Å². The lowest BCUT2D eigenvalue weighted by molar-refractivity contribution is -0.121. The molecular formula is C41H34N8O. The number of pyridine rings is 2. The van der Waals surface area contributed by atoms with Crippen LogP contribution < -0.4 is 10.6 Å². The summed E-state index contributed by atoms with van der Waals surface area (Å²) in [5, 5.41) is 24.8. The summed E-state index contributed by atoms with van der Waals surface area (Å²) in [5.74, 6) is 2.57. The highest BCUT2D eigenvalue weighted by molar-refractivity contribution is 5.98. The third-order valence-electron chi connectivity index (χ3n) is 9.23. The molecule has 0 saturated carbocycles. The maximum absolute atomic E-state index is 13.8. The molecule has 244 valence electrons. The van der Waals surface area contributed by atoms with E-state index in [0.717, 1.165) is 78.5 Å². The Morgan fingerprint density at radius 1 is 0.560 bits per heavy atom. The largest absolute Gasteiger partial charge is 0.325 e. The van der Waals surface area contributed by atoms with Crippen molar-refractivity contribution < 1.29 is 4.79 Å². The van der Waals surface area contributed by atoms with Crippen molar-refractivity contribution in [1.82, 2.24) is 30.4 Å². The maximum atomic E-state index is 13.8. The molecule has 0 spiro atoms. The van der Waals surface area contributed by atoms with Crippen LogP contribution in [0.1, 0.15) is 36.8 Å². The average molecular weight is 655 g/mol. The Kier molecular flexibility index (Phi) is 8.06. The zero-order valence-electron chi connectivity index (χ0n) is 27.6. The molecule has 4 N–H and O–H groups in total. The maximum Gasteiger partial charge on any atom is 0.147 e. The van der Waals surface area contributed by atoms with Gasteiger partial charge in [-0.1, -0.05) is 111 Å². The van der Waals surface area contributed by atoms with Gasteiger partial charge in [-0.3, -0.25) is 15.0 Å². The average Bonchev–Trinajstić information content (AvgIpc) is 3.88. The smallest absolute Gasteiger partial charge is 0.147 e. The summed E-state index contributed by atoms with van der Waals surface area (Å²) >= 11 is 0. The predicted octanol–water partition coefficient (Wildman–Crippen LogP) is 9.53. The summed E-state index contributed by atoms with van der Waals surface area (Å²) in [5.41, 5.74) is 5.63. The summed E-state index contributed by atoms with van der Waals surface area (Å²) in [6.45, 7) is 3.97. The van der Waals surface area contributed by atoms with Crippen molar-refractivity contribution in [2.45, 2.75) is 25.7 Å². The fraction of sp³-hybridized carbons (Fsp3) is 0.0976. The highest BCUT2D eigenvalue weighted by Gasteiger charge is 2.23. The molecule has 4 aromatic carbocycles. The number of fused-ring (bicyclic) bond motifs is 2. The van der Waals surface area contributed by atoms with Crippen LogP contribution in [0, 0.1) is 0 Å². The van der Waals surface area contributed by atoms with Gasteiger partial charge >= 0.3 is 0 Å². The van der Waals surface area contributed by atoms with Gasteiger partial charge in [0.05, 0.1) is 23.8 Å². The molecule has 4 heterocycles. The third kappa shape index (κ3) is 6.08. The molecular weight excluding hydrogens is 621 g/mol. The Labute approximate surface area is 288 Å². The quantitative estimate of drug-likeness (QED) is 0.116. The number of rotatable bonds is 10. The van der Waals surface area contributed by atoms with Gasteiger partial charge in [0.15, 0.2) is 0 Å². The first-order valence-corrected chi connectivity index (χ1v) is 16.6. The van der Waals surface area contributed by atoms with E-state index >= 15 is 0 Å². The molecule has 8 aromatic rings. The summed E-state index contributed by atoms with van der Waals surface area (Å²) in [4.78, 5) is 23.7. The summed E-state index contributed by atoms with van der Waals surface area (Å²) in [6.07, 6.45) is 3.39. The molecule has 9 heteroatoms. The van der Waals surface area contributed by atoms with Crippen molar-refractivity contribution >= 4 is 50.6 Å². The molecule has 0 amide bonds. The molecule has 9 nitrogen and oxygen atoms in total. The second kappa shape index (κ2) is 13.1. The number of anilines is 4. The van der Waals surface area contributed by atoms with E-state index in [1.165, 1.54) is 0 Å². The number of H-pyrrole nitrogens is 2. The third-order valence-corrected chi connectivity index (χ3v) is 9.23. The van der Waals surface area contributed by atoms with Crippen LogP contribution in [-0.2, 0) is 4.79 Å². The molecule has 0 aliphatic heterocycles. The molecule has 2 atom stereocenters. The highest BCUT2D eigenvalue weighted by Crippen LogP contribution is 2.34. The highest BCUT2D eigenvalue weighted by atomic mass is 16.1. The zero-order chi connectivity index (χ0) is 34.0. The van der Waals surface area contributed by atoms with Gasteiger partial charge < -0.3 is 10.6 Å². The Morgan fingerprint density at radius 3 is 1.38 bits per heavy atom. The minimum Gasteiger partial charge on any atom is -0.325 e. The summed E-state index contributed by atoms with van der Waals surface area (Å²) in [7, 11) is 0. The lowest BCUT2D eigenvalue weighted by Crippen LogP contribution is -2.16. The molecule has 0 saturated heterocycles. The van der Waals surface area contributed by atoms with Crippen molar-refractivity contribution in [3.05, 3.63) is 145 Å². The summed E-state index contributed by atoms with van der Waals surface area (Å²) in [6, 6.07) is 40.6. The van der Waals surface area contributed by atoms with E-state index in [1.807, 2.05) is 86.6 Å². The van der Waals surface area contributed by atoms with Crippen LogP contribution in [0.15, 0.2) is 134 Å². The number of hydrogen-bond donors (Lipinski definition) is 4. The van der Waals surface area contributed by atoms with Crippen LogP contribution in [0.3, 0.4) is 0 Å². The summed E-state index contributed by atoms with van der Waals surface area (Å²) < 4.78 is 0. The topological polar surface area (TPSA) is 124 Å². The van der Waals surface area contributed by atoms with Crippen molar-refractivity contribution in [3.8, 4) is 22.5 Å². The number of Topliss-reactive ketones (excluding diaryl/α,β-unsaturated/α-hetero) is 1. The predicted molar refractivity (Wildman–Crippen MR) is 200 cm³/mol. The molecule has 2 unspecified atom stereocenters. The van der Waals surface area contributed by atoms with Crippen LogP contribution in [-0.4, -0.2) is 36.1 Å². The first kappa shape index (κ1) is 30.7. The number of hydrogen-bond acceptors (Lipinski definition) is 7. The molecule has 50 heavy (non-hydrogen) atoms. The zero-order valence-corrected chi connectivity index (χ0v) is 27.6. The van der Waals surface area contributed by atoms with Gasteiger partial charge in [-0.2, -0.15) is 10.2 Å². The number of ketones is 1. The van der Waals surface area contributed by atoms with E-state index in [4.69, 9.17) is 9.97 Å². The second-order valence-corrected chi connectivity index (χ2v) is 12.4. The van der Waals surface area contributed by atoms with Crippen molar-refractivity contribution in [2.75, 3.05) is 10.6 Å². The van der Waals surface area contributed by atoms with Crippen molar-refractivity contribution in [1.29, 1.82) is 0 Å². The Bertz CT molecular complexity index is 2250. The Balaban J connectivity index is 1.02. The number of nitrogens with one attached hydrogen (secondary N) is 4. The number of carbonyl (C=O) groups excluding carboxylic acids is 1. The minimum absolute atomic E-state index is 0.161. The van der Waals surface area contributed by atoms with E-state index in [9.17, 15) is 4.79 Å². The van der Waals surface area contributed by atoms with Crippen LogP contribution in [0.5, 0.6) is 0 Å². The number of aromatic nitrogens is 6. The normalized spacial score (nSPS) is 12.5. The minimum atomic E-state index is -0.285. The van der Waals surface area contributed by atoms with Crippen LogP contribution in [0.25, 0.3) is 44.1 Å². The second-order valence-electron chi connectivity index (χ2n) is 12.4. The van der Waals surface area contributed by atoms with Gasteiger partial charge in [0, 0.05) is 45.9 Å². The lowest BCUT2D eigenvalue weighted by atomic mass is 9.85. The molecule has 8 rings (SSSR count). The van der Waals surface area contributed by atoms with E-state index in [-0.39, 0.29) is 17.6 Å². The van der Waals surface area contributed by atoms with Crippen molar-refractivity contribution in [3.63, 3.8) is 0 Å². The fourth-order valence-corrected chi connectivity index (χ4v) is 6.46. The van der Waals surface area contributed by atoms with Gasteiger partial charge in [0.2, 0.25) is 0 Å². The van der Waals surface area contributed by atoms with E-state index in [1.54, 1.807) is 12.4 Å². The fourth-order valence-electron chi connectivity index (χ4n) is 6.46. The molecule has 4 aromatic heterocycles. The number of nitrogens with zero attached hydrogens (tertiary/aromatic N) is 4. The molecule has 0 fully saturated rings. The Morgan fingerprint density at radius 2 is 0.980 bits per heavy atom. The molecule has 0 aliphatic carbocycles. The monoisotopic (exact) mass is 654 g/mol. The molecule has 0 bridgehead atoms. The van der Waals surface area contributed by atoms with Crippen molar-refractivity contribution in [2.24, 2.45) is 0 Å². The molecule has 0 radical (unpaired) electrons. The number of aromatic amines is 2. The SMILES string of the molecule is CC(C(=O)C(C)c1ccc(-c2nc(Nc3ccn[nH]3)cc3ccccc23)cc1)c1ccc(-c2nc(Nc3ccn[nH]3)cc3ccccc23)cc1. The van der Waals surface area contributed by atoms with Gasteiger partial charge in [0.25, 0.3) is 0 Å².